The van der Waals surface area contributed by atoms with Crippen LogP contribution in [0.3, 0.4) is 0 Å². The van der Waals surface area contributed by atoms with Crippen molar-refractivity contribution in [3.05, 3.63) is 243 Å². The third kappa shape index (κ3) is 5.88. The van der Waals surface area contributed by atoms with Gasteiger partial charge in [0.1, 0.15) is 0 Å². The average molecular weight is 789 g/mol. The first-order valence-corrected chi connectivity index (χ1v) is 21.3. The first kappa shape index (κ1) is 35.7. The topological polar surface area (TPSA) is 9.86 Å². The minimum atomic E-state index is 1.13. The molecule has 12 rings (SSSR count). The number of rotatable bonds is 7. The van der Waals surface area contributed by atoms with Crippen LogP contribution in [0.5, 0.6) is 0 Å². The van der Waals surface area contributed by atoms with Gasteiger partial charge in [-0.1, -0.05) is 182 Å². The predicted molar refractivity (Wildman–Crippen MR) is 262 cm³/mol. The highest BCUT2D eigenvalue weighted by Gasteiger charge is 2.23. The van der Waals surface area contributed by atoms with Crippen LogP contribution in [0, 0.1) is 0 Å². The third-order valence-corrected chi connectivity index (χ3v) is 12.5. The molecule has 0 radical (unpaired) electrons. The Bertz CT molecular complexity index is 3570. The van der Waals surface area contributed by atoms with Gasteiger partial charge in [-0.05, 0) is 99.6 Å². The maximum Gasteiger partial charge on any atom is 0.0620 e. The third-order valence-electron chi connectivity index (χ3n) is 12.5. The maximum absolute atomic E-state index is 2.51. The Labute approximate surface area is 360 Å². The van der Waals surface area contributed by atoms with Crippen LogP contribution >= 0.6 is 0 Å². The summed E-state index contributed by atoms with van der Waals surface area (Å²) in [5.74, 6) is 0. The molecule has 290 valence electrons. The second kappa shape index (κ2) is 14.8. The molecule has 0 fully saturated rings. The fourth-order valence-corrected chi connectivity index (χ4v) is 9.69. The van der Waals surface area contributed by atoms with Crippen LogP contribution in [0.25, 0.3) is 111 Å². The van der Waals surface area contributed by atoms with E-state index in [1.165, 1.54) is 99.2 Å². The number of aromatic nitrogens is 2. The molecule has 0 amide bonds. The zero-order valence-electron chi connectivity index (χ0n) is 34.0. The van der Waals surface area contributed by atoms with Crippen molar-refractivity contribution in [2.75, 3.05) is 0 Å². The van der Waals surface area contributed by atoms with E-state index in [0.29, 0.717) is 0 Å². The van der Waals surface area contributed by atoms with E-state index < -0.39 is 0 Å². The van der Waals surface area contributed by atoms with Gasteiger partial charge in [-0.25, -0.2) is 0 Å². The van der Waals surface area contributed by atoms with Crippen molar-refractivity contribution < 1.29 is 0 Å². The van der Waals surface area contributed by atoms with Crippen molar-refractivity contribution in [2.45, 2.75) is 0 Å². The van der Waals surface area contributed by atoms with E-state index in [9.17, 15) is 0 Å². The molecule has 0 bridgehead atoms. The number of benzene rings is 10. The van der Waals surface area contributed by atoms with E-state index in [1.807, 2.05) is 0 Å². The van der Waals surface area contributed by atoms with Crippen LogP contribution in [-0.4, -0.2) is 9.13 Å². The fraction of sp³-hybridized carbons (Fsp3) is 0. The van der Waals surface area contributed by atoms with Gasteiger partial charge < -0.3 is 9.13 Å². The summed E-state index contributed by atoms with van der Waals surface area (Å²) in [6.45, 7) is 0. The van der Waals surface area contributed by atoms with Crippen LogP contribution < -0.4 is 0 Å². The second-order valence-electron chi connectivity index (χ2n) is 16.1. The average Bonchev–Trinajstić information content (AvgIpc) is 3.88. The number of nitrogens with zero attached hydrogens (tertiary/aromatic N) is 2. The van der Waals surface area contributed by atoms with Crippen LogP contribution in [0.4, 0.5) is 0 Å². The minimum Gasteiger partial charge on any atom is -0.309 e. The van der Waals surface area contributed by atoms with E-state index in [-0.39, 0.29) is 0 Å². The molecule has 62 heavy (non-hydrogen) atoms. The molecule has 0 saturated heterocycles. The summed E-state index contributed by atoms with van der Waals surface area (Å²) in [4.78, 5) is 0. The van der Waals surface area contributed by atoms with Gasteiger partial charge >= 0.3 is 0 Å². The normalized spacial score (nSPS) is 11.5. The molecule has 0 N–H and O–H groups in total. The molecule has 0 atom stereocenters. The molecular formula is C60H40N2. The lowest BCUT2D eigenvalue weighted by Gasteiger charge is -2.15. The van der Waals surface area contributed by atoms with E-state index >= 15 is 0 Å². The Morgan fingerprint density at radius 2 is 0.613 bits per heavy atom. The van der Waals surface area contributed by atoms with Gasteiger partial charge in [0, 0.05) is 49.6 Å². The van der Waals surface area contributed by atoms with Gasteiger partial charge in [-0.2, -0.15) is 0 Å². The van der Waals surface area contributed by atoms with Crippen molar-refractivity contribution in [2.24, 2.45) is 0 Å². The largest absolute Gasteiger partial charge is 0.309 e. The van der Waals surface area contributed by atoms with Crippen LogP contribution in [0.2, 0.25) is 0 Å². The van der Waals surface area contributed by atoms with Crippen LogP contribution in [0.15, 0.2) is 243 Å². The minimum absolute atomic E-state index is 1.13. The molecule has 0 spiro atoms. The molecule has 0 unspecified atom stereocenters. The number of hydrogen-bond acceptors (Lipinski definition) is 0. The summed E-state index contributed by atoms with van der Waals surface area (Å²) < 4.78 is 4.97. The van der Waals surface area contributed by atoms with Gasteiger partial charge in [-0.15, -0.1) is 0 Å². The highest BCUT2D eigenvalue weighted by molar-refractivity contribution is 6.20. The lowest BCUT2D eigenvalue weighted by atomic mass is 9.94. The summed E-state index contributed by atoms with van der Waals surface area (Å²) in [6, 6.07) is 88.5. The quantitative estimate of drug-likeness (QED) is 0.152. The lowest BCUT2D eigenvalue weighted by molar-refractivity contribution is 1.18. The Morgan fingerprint density at radius 1 is 0.210 bits per heavy atom. The molecule has 12 aromatic rings. The molecule has 10 aromatic carbocycles. The van der Waals surface area contributed by atoms with Crippen molar-refractivity contribution in [3.8, 4) is 67.0 Å². The highest BCUT2D eigenvalue weighted by atomic mass is 15.0. The van der Waals surface area contributed by atoms with Crippen molar-refractivity contribution in [3.63, 3.8) is 0 Å². The first-order chi connectivity index (χ1) is 30.8. The predicted octanol–water partition coefficient (Wildman–Crippen LogP) is 16.2. The summed E-state index contributed by atoms with van der Waals surface area (Å²) in [5.41, 5.74) is 19.0. The first-order valence-electron chi connectivity index (χ1n) is 21.3. The van der Waals surface area contributed by atoms with Crippen molar-refractivity contribution in [1.82, 2.24) is 9.13 Å². The summed E-state index contributed by atoms with van der Waals surface area (Å²) in [6.07, 6.45) is 0. The van der Waals surface area contributed by atoms with Gasteiger partial charge in [0.25, 0.3) is 0 Å². The SMILES string of the molecule is c1ccc(-c2cc(-c3ccccc3)c3c(c2)c2cc(-c4cccc5c6cc(-c7ccccc7)cc(-c7ccccc7)c6n(-c6ccccc6)c45)ccc2n3-c2ccccc2)cc1. The van der Waals surface area contributed by atoms with Crippen molar-refractivity contribution >= 4 is 43.6 Å². The molecule has 2 aromatic heterocycles. The number of hydrogen-bond donors (Lipinski definition) is 0. The zero-order chi connectivity index (χ0) is 41.0. The van der Waals surface area contributed by atoms with E-state index in [4.69, 9.17) is 0 Å². The molecule has 2 heteroatoms. The van der Waals surface area contributed by atoms with Crippen molar-refractivity contribution in [1.29, 1.82) is 0 Å². The maximum atomic E-state index is 2.51. The standard InChI is InChI=1S/C60H40N2/c1-7-20-41(21-8-1)46-38-53(44-26-13-4-14-27-44)60-55(39-46)51-33-19-32-50(58(51)62(60)49-30-17-6-18-31-49)45-34-35-57-54(36-45)56-40-47(42-22-9-2-10-23-42)37-52(43-24-11-3-12-25-43)59(56)61(57)48-28-15-5-16-29-48/h1-40H. The summed E-state index contributed by atoms with van der Waals surface area (Å²) in [5, 5.41) is 4.89. The van der Waals surface area contributed by atoms with Gasteiger partial charge in [-0.3, -0.25) is 0 Å². The number of para-hydroxylation sites is 3. The molecule has 0 saturated carbocycles. The monoisotopic (exact) mass is 788 g/mol. The Kier molecular flexibility index (Phi) is 8.53. The molecule has 0 aliphatic rings. The lowest BCUT2D eigenvalue weighted by Crippen LogP contribution is -1.97. The van der Waals surface area contributed by atoms with E-state index in [0.717, 1.165) is 11.4 Å². The molecule has 2 heterocycles. The Hall–Kier alpha value is -8.20. The highest BCUT2D eigenvalue weighted by Crippen LogP contribution is 2.46. The van der Waals surface area contributed by atoms with Gasteiger partial charge in [0.15, 0.2) is 0 Å². The molecule has 0 aliphatic heterocycles. The van der Waals surface area contributed by atoms with Gasteiger partial charge in [0.05, 0.1) is 22.1 Å². The Morgan fingerprint density at radius 3 is 1.13 bits per heavy atom. The van der Waals surface area contributed by atoms with E-state index in [2.05, 4.69) is 252 Å². The molecule has 2 nitrogen and oxygen atoms in total. The summed E-state index contributed by atoms with van der Waals surface area (Å²) >= 11 is 0. The molecular weight excluding hydrogens is 749 g/mol. The second-order valence-corrected chi connectivity index (χ2v) is 16.1. The summed E-state index contributed by atoms with van der Waals surface area (Å²) in [7, 11) is 0. The fourth-order valence-electron chi connectivity index (χ4n) is 9.69. The van der Waals surface area contributed by atoms with Crippen LogP contribution in [0.1, 0.15) is 0 Å². The van der Waals surface area contributed by atoms with Gasteiger partial charge in [0.2, 0.25) is 0 Å². The molecule has 0 aliphatic carbocycles. The van der Waals surface area contributed by atoms with Crippen LogP contribution in [-0.2, 0) is 0 Å². The smallest absolute Gasteiger partial charge is 0.0620 e. The Balaban J connectivity index is 1.20. The van der Waals surface area contributed by atoms with E-state index in [1.54, 1.807) is 0 Å². The number of fused-ring (bicyclic) bond motifs is 6. The zero-order valence-corrected chi connectivity index (χ0v) is 34.0.